The quantitative estimate of drug-likeness (QED) is 0.789. The molecule has 2 fully saturated rings. The average molecular weight is 208 g/mol. The third-order valence-corrected chi connectivity index (χ3v) is 2.98. The molecule has 1 aromatic heterocycles. The van der Waals surface area contributed by atoms with Gasteiger partial charge in [-0.1, -0.05) is 0 Å². The molecule has 2 N–H and O–H groups in total. The van der Waals surface area contributed by atoms with Crippen LogP contribution in [0.3, 0.4) is 0 Å². The topological polar surface area (TPSA) is 75.3 Å². The number of aromatic nitrogens is 2. The lowest BCUT2D eigenvalue weighted by Gasteiger charge is -2.03. The maximum Gasteiger partial charge on any atom is 0.372 e. The van der Waals surface area contributed by atoms with Crippen LogP contribution in [0, 0.1) is 0 Å². The van der Waals surface area contributed by atoms with Gasteiger partial charge in [0, 0.05) is 12.0 Å². The molecular weight excluding hydrogens is 196 g/mol. The van der Waals surface area contributed by atoms with Crippen LogP contribution in [0.2, 0.25) is 0 Å². The van der Waals surface area contributed by atoms with Crippen molar-refractivity contribution in [3.05, 3.63) is 11.5 Å². The normalized spacial score (nSPS) is 20.5. The summed E-state index contributed by atoms with van der Waals surface area (Å²) >= 11 is 0. The van der Waals surface area contributed by atoms with Crippen molar-refractivity contribution < 1.29 is 15.0 Å². The molecule has 2 aliphatic rings. The van der Waals surface area contributed by atoms with Crippen LogP contribution in [-0.4, -0.2) is 25.7 Å². The van der Waals surface area contributed by atoms with Crippen molar-refractivity contribution >= 4 is 5.97 Å². The first kappa shape index (κ1) is 8.76. The van der Waals surface area contributed by atoms with Crippen LogP contribution in [0.5, 0.6) is 5.88 Å². The number of carboxylic acid groups (broad SMARTS) is 1. The monoisotopic (exact) mass is 208 g/mol. The van der Waals surface area contributed by atoms with E-state index in [9.17, 15) is 9.90 Å². The highest BCUT2D eigenvalue weighted by Gasteiger charge is 2.37. The van der Waals surface area contributed by atoms with E-state index in [1.54, 1.807) is 0 Å². The lowest BCUT2D eigenvalue weighted by molar-refractivity contribution is 0.0676. The first-order valence-electron chi connectivity index (χ1n) is 5.23. The molecule has 80 valence electrons. The van der Waals surface area contributed by atoms with Crippen molar-refractivity contribution in [1.82, 2.24) is 9.55 Å². The predicted molar refractivity (Wildman–Crippen MR) is 51.1 cm³/mol. The van der Waals surface area contributed by atoms with E-state index < -0.39 is 5.97 Å². The summed E-state index contributed by atoms with van der Waals surface area (Å²) in [4.78, 5) is 15.0. The Morgan fingerprint density at radius 3 is 2.47 bits per heavy atom. The molecule has 0 aromatic carbocycles. The molecule has 0 aliphatic heterocycles. The Morgan fingerprint density at radius 2 is 2.00 bits per heavy atom. The Bertz CT molecular complexity index is 430. The van der Waals surface area contributed by atoms with Gasteiger partial charge in [0.25, 0.3) is 0 Å². The lowest BCUT2D eigenvalue weighted by atomic mass is 10.3. The number of imidazole rings is 1. The first-order valence-corrected chi connectivity index (χ1v) is 5.23. The molecule has 1 aromatic rings. The van der Waals surface area contributed by atoms with Crippen LogP contribution in [0.25, 0.3) is 0 Å². The minimum absolute atomic E-state index is 0.00287. The standard InChI is InChI=1S/C10H12N2O3/c13-9-7(5-1-2-5)11-8(10(14)15)12(9)6-3-4-6/h5-6,13H,1-4H2,(H,14,15). The summed E-state index contributed by atoms with van der Waals surface area (Å²) in [6.45, 7) is 0. The number of carbonyl (C=O) groups is 1. The molecule has 1 heterocycles. The number of carboxylic acids is 1. The Morgan fingerprint density at radius 1 is 1.33 bits per heavy atom. The van der Waals surface area contributed by atoms with Crippen molar-refractivity contribution in [2.45, 2.75) is 37.6 Å². The van der Waals surface area contributed by atoms with Gasteiger partial charge in [0.05, 0.1) is 0 Å². The molecule has 5 heteroatoms. The van der Waals surface area contributed by atoms with Gasteiger partial charge in [-0.3, -0.25) is 4.57 Å². The molecule has 0 bridgehead atoms. The molecular formula is C10H12N2O3. The number of aromatic carboxylic acids is 1. The van der Waals surface area contributed by atoms with Crippen molar-refractivity contribution in [1.29, 1.82) is 0 Å². The van der Waals surface area contributed by atoms with E-state index in [4.69, 9.17) is 5.11 Å². The van der Waals surface area contributed by atoms with E-state index in [1.807, 2.05) is 0 Å². The Hall–Kier alpha value is -1.52. The minimum atomic E-state index is -1.05. The van der Waals surface area contributed by atoms with E-state index in [0.29, 0.717) is 5.69 Å². The second kappa shape index (κ2) is 2.74. The van der Waals surface area contributed by atoms with E-state index in [1.165, 1.54) is 4.57 Å². The van der Waals surface area contributed by atoms with E-state index in [0.717, 1.165) is 25.7 Å². The van der Waals surface area contributed by atoms with Gasteiger partial charge in [0.15, 0.2) is 0 Å². The zero-order valence-corrected chi connectivity index (χ0v) is 8.18. The largest absolute Gasteiger partial charge is 0.493 e. The molecule has 15 heavy (non-hydrogen) atoms. The average Bonchev–Trinajstić information content (AvgIpc) is 3.06. The Kier molecular flexibility index (Phi) is 1.60. The predicted octanol–water partition coefficient (Wildman–Crippen LogP) is 1.50. The number of nitrogens with zero attached hydrogens (tertiary/aromatic N) is 2. The van der Waals surface area contributed by atoms with E-state index in [2.05, 4.69) is 4.98 Å². The van der Waals surface area contributed by atoms with Crippen molar-refractivity contribution in [3.8, 4) is 5.88 Å². The van der Waals surface area contributed by atoms with Crippen LogP contribution in [0.4, 0.5) is 0 Å². The summed E-state index contributed by atoms with van der Waals surface area (Å²) in [5.74, 6) is -0.693. The maximum absolute atomic E-state index is 11.0. The molecule has 0 amide bonds. The lowest BCUT2D eigenvalue weighted by Crippen LogP contribution is -2.08. The highest BCUT2D eigenvalue weighted by atomic mass is 16.4. The summed E-state index contributed by atoms with van der Waals surface area (Å²) in [6.07, 6.45) is 3.89. The van der Waals surface area contributed by atoms with Gasteiger partial charge in [-0.15, -0.1) is 0 Å². The van der Waals surface area contributed by atoms with Gasteiger partial charge in [-0.05, 0) is 25.7 Å². The molecule has 0 unspecified atom stereocenters. The van der Waals surface area contributed by atoms with Gasteiger partial charge in [0.1, 0.15) is 5.69 Å². The SMILES string of the molecule is O=C(O)c1nc(C2CC2)c(O)n1C1CC1. The van der Waals surface area contributed by atoms with Gasteiger partial charge < -0.3 is 10.2 Å². The fourth-order valence-corrected chi connectivity index (χ4v) is 1.90. The van der Waals surface area contributed by atoms with Crippen LogP contribution in [0.15, 0.2) is 0 Å². The van der Waals surface area contributed by atoms with Crippen molar-refractivity contribution in [2.75, 3.05) is 0 Å². The van der Waals surface area contributed by atoms with Crippen LogP contribution in [-0.2, 0) is 0 Å². The molecule has 5 nitrogen and oxygen atoms in total. The third kappa shape index (κ3) is 1.30. The summed E-state index contributed by atoms with van der Waals surface area (Å²) in [5.41, 5.74) is 0.583. The van der Waals surface area contributed by atoms with Gasteiger partial charge >= 0.3 is 5.97 Å². The highest BCUT2D eigenvalue weighted by Crippen LogP contribution is 2.47. The summed E-state index contributed by atoms with van der Waals surface area (Å²) < 4.78 is 1.48. The number of hydrogen-bond acceptors (Lipinski definition) is 3. The van der Waals surface area contributed by atoms with Crippen LogP contribution < -0.4 is 0 Å². The molecule has 3 rings (SSSR count). The second-order valence-electron chi connectivity index (χ2n) is 4.32. The zero-order valence-electron chi connectivity index (χ0n) is 8.18. The molecule has 2 aliphatic carbocycles. The number of hydrogen-bond donors (Lipinski definition) is 2. The molecule has 0 spiro atoms. The summed E-state index contributed by atoms with van der Waals surface area (Å²) in [5, 5.41) is 18.9. The smallest absolute Gasteiger partial charge is 0.372 e. The minimum Gasteiger partial charge on any atom is -0.493 e. The molecule has 0 atom stereocenters. The summed E-state index contributed by atoms with van der Waals surface area (Å²) in [7, 11) is 0. The summed E-state index contributed by atoms with van der Waals surface area (Å²) in [6, 6.07) is 0.149. The Labute approximate surface area is 86.4 Å². The van der Waals surface area contributed by atoms with Crippen molar-refractivity contribution in [3.63, 3.8) is 0 Å². The maximum atomic E-state index is 11.0. The van der Waals surface area contributed by atoms with Crippen molar-refractivity contribution in [2.24, 2.45) is 0 Å². The molecule has 0 radical (unpaired) electrons. The second-order valence-corrected chi connectivity index (χ2v) is 4.32. The Balaban J connectivity index is 2.10. The molecule has 2 saturated carbocycles. The van der Waals surface area contributed by atoms with Crippen LogP contribution >= 0.6 is 0 Å². The van der Waals surface area contributed by atoms with E-state index >= 15 is 0 Å². The third-order valence-electron chi connectivity index (χ3n) is 2.98. The van der Waals surface area contributed by atoms with Gasteiger partial charge in [-0.2, -0.15) is 0 Å². The van der Waals surface area contributed by atoms with Gasteiger partial charge in [-0.25, -0.2) is 9.78 Å². The van der Waals surface area contributed by atoms with Crippen LogP contribution in [0.1, 0.15) is 54.0 Å². The fraction of sp³-hybridized carbons (Fsp3) is 0.600. The number of rotatable bonds is 3. The molecule has 0 saturated heterocycles. The number of aromatic hydroxyl groups is 1. The fourth-order valence-electron chi connectivity index (χ4n) is 1.90. The zero-order chi connectivity index (χ0) is 10.6. The highest BCUT2D eigenvalue weighted by molar-refractivity contribution is 5.84. The first-order chi connectivity index (χ1) is 7.18. The van der Waals surface area contributed by atoms with E-state index in [-0.39, 0.29) is 23.7 Å². The van der Waals surface area contributed by atoms with Gasteiger partial charge in [0.2, 0.25) is 11.7 Å².